The molecule has 0 radical (unpaired) electrons. The van der Waals surface area contributed by atoms with Crippen molar-refractivity contribution in [3.05, 3.63) is 35.6 Å². The summed E-state index contributed by atoms with van der Waals surface area (Å²) in [4.78, 5) is 13.2. The maximum Gasteiger partial charge on any atom is 0.222 e. The lowest BCUT2D eigenvalue weighted by Gasteiger charge is -2.32. The molecule has 0 aromatic heterocycles. The predicted molar refractivity (Wildman–Crippen MR) is 78.0 cm³/mol. The summed E-state index contributed by atoms with van der Waals surface area (Å²) in [6, 6.07) is 7.62. The first-order valence-corrected chi connectivity index (χ1v) is 7.29. The van der Waals surface area contributed by atoms with E-state index in [1.54, 1.807) is 11.0 Å². The van der Waals surface area contributed by atoms with Crippen LogP contribution in [-0.2, 0) is 11.2 Å². The van der Waals surface area contributed by atoms with Gasteiger partial charge in [-0.15, -0.1) is 0 Å². The van der Waals surface area contributed by atoms with Crippen molar-refractivity contribution in [1.29, 1.82) is 0 Å². The third-order valence-electron chi connectivity index (χ3n) is 3.95. The van der Waals surface area contributed by atoms with Crippen LogP contribution in [0.15, 0.2) is 24.3 Å². The molecule has 0 aliphatic carbocycles. The molecular formula is C16H23FN2O. The van der Waals surface area contributed by atoms with E-state index in [0.717, 1.165) is 31.4 Å². The Kier molecular flexibility index (Phi) is 5.12. The number of hydrogen-bond acceptors (Lipinski definition) is 2. The van der Waals surface area contributed by atoms with Gasteiger partial charge in [0.15, 0.2) is 0 Å². The normalized spacial score (nSPS) is 21.1. The third-order valence-corrected chi connectivity index (χ3v) is 3.95. The molecule has 1 N–H and O–H groups in total. The van der Waals surface area contributed by atoms with Gasteiger partial charge in [-0.1, -0.05) is 18.2 Å². The van der Waals surface area contributed by atoms with Crippen LogP contribution in [0.3, 0.4) is 0 Å². The summed E-state index contributed by atoms with van der Waals surface area (Å²) in [7, 11) is 1.85. The smallest absolute Gasteiger partial charge is 0.222 e. The molecule has 2 rings (SSSR count). The number of amides is 1. The van der Waals surface area contributed by atoms with Crippen LogP contribution in [0.5, 0.6) is 0 Å². The first-order valence-electron chi connectivity index (χ1n) is 7.29. The number of rotatable bonds is 5. The number of benzene rings is 1. The fourth-order valence-electron chi connectivity index (χ4n) is 2.71. The number of nitrogens with one attached hydrogen (secondary N) is 1. The van der Waals surface area contributed by atoms with E-state index in [9.17, 15) is 9.18 Å². The van der Waals surface area contributed by atoms with Crippen molar-refractivity contribution in [1.82, 2.24) is 10.2 Å². The van der Waals surface area contributed by atoms with Crippen LogP contribution in [0, 0.1) is 5.82 Å². The summed E-state index contributed by atoms with van der Waals surface area (Å²) in [5.74, 6) is 0.102. The Morgan fingerprint density at radius 2 is 2.20 bits per heavy atom. The summed E-state index contributed by atoms with van der Waals surface area (Å²) in [5, 5.41) is 3.54. The lowest BCUT2D eigenvalue weighted by molar-refractivity contribution is -0.132. The topological polar surface area (TPSA) is 32.3 Å². The highest BCUT2D eigenvalue weighted by Gasteiger charge is 2.23. The standard InChI is InChI=1S/C16H23FN2O/c1-12(7-8-13-5-3-4-6-15(13)17)18-14-9-10-16(20)19(2)11-14/h3-6,12,14,18H,7-11H2,1-2H3/t12-,14-/m1/s1. The Balaban J connectivity index is 1.77. The van der Waals surface area contributed by atoms with E-state index in [2.05, 4.69) is 12.2 Å². The average Bonchev–Trinajstić information content (AvgIpc) is 2.42. The van der Waals surface area contributed by atoms with Gasteiger partial charge in [0, 0.05) is 32.1 Å². The molecule has 1 saturated heterocycles. The van der Waals surface area contributed by atoms with Crippen molar-refractivity contribution in [2.75, 3.05) is 13.6 Å². The molecule has 20 heavy (non-hydrogen) atoms. The van der Waals surface area contributed by atoms with Crippen molar-refractivity contribution in [3.8, 4) is 0 Å². The Morgan fingerprint density at radius 1 is 1.45 bits per heavy atom. The summed E-state index contributed by atoms with van der Waals surface area (Å²) >= 11 is 0. The van der Waals surface area contributed by atoms with E-state index in [1.807, 2.05) is 19.2 Å². The summed E-state index contributed by atoms with van der Waals surface area (Å²) in [6.07, 6.45) is 3.15. The van der Waals surface area contributed by atoms with E-state index in [-0.39, 0.29) is 11.7 Å². The van der Waals surface area contributed by atoms with Gasteiger partial charge in [-0.05, 0) is 37.8 Å². The molecule has 1 amide bonds. The molecule has 1 aromatic rings. The molecule has 4 heteroatoms. The third kappa shape index (κ3) is 4.04. The summed E-state index contributed by atoms with van der Waals surface area (Å²) < 4.78 is 13.5. The Labute approximate surface area is 120 Å². The van der Waals surface area contributed by atoms with Gasteiger partial charge in [0.2, 0.25) is 5.91 Å². The highest BCUT2D eigenvalue weighted by Crippen LogP contribution is 2.13. The van der Waals surface area contributed by atoms with E-state index in [0.29, 0.717) is 18.5 Å². The summed E-state index contributed by atoms with van der Waals surface area (Å²) in [6.45, 7) is 2.89. The van der Waals surface area contributed by atoms with Crippen LogP contribution >= 0.6 is 0 Å². The van der Waals surface area contributed by atoms with E-state index in [1.165, 1.54) is 6.07 Å². The molecule has 3 nitrogen and oxygen atoms in total. The predicted octanol–water partition coefficient (Wildman–Crippen LogP) is 2.36. The van der Waals surface area contributed by atoms with Crippen molar-refractivity contribution < 1.29 is 9.18 Å². The number of carbonyl (C=O) groups is 1. The van der Waals surface area contributed by atoms with E-state index in [4.69, 9.17) is 0 Å². The Hall–Kier alpha value is -1.42. The second-order valence-corrected chi connectivity index (χ2v) is 5.71. The molecular weight excluding hydrogens is 255 g/mol. The lowest BCUT2D eigenvalue weighted by Crippen LogP contribution is -2.49. The number of halogens is 1. The summed E-state index contributed by atoms with van der Waals surface area (Å²) in [5.41, 5.74) is 0.775. The number of piperidine rings is 1. The number of likely N-dealkylation sites (tertiary alicyclic amines) is 1. The molecule has 0 spiro atoms. The number of aryl methyl sites for hydroxylation is 1. The van der Waals surface area contributed by atoms with Gasteiger partial charge in [0.05, 0.1) is 0 Å². The van der Waals surface area contributed by atoms with Gasteiger partial charge in [-0.25, -0.2) is 4.39 Å². The number of likely N-dealkylation sites (N-methyl/N-ethyl adjacent to an activating group) is 1. The maximum absolute atomic E-state index is 13.5. The fraction of sp³-hybridized carbons (Fsp3) is 0.562. The average molecular weight is 278 g/mol. The van der Waals surface area contributed by atoms with Crippen LogP contribution in [-0.4, -0.2) is 36.5 Å². The van der Waals surface area contributed by atoms with Gasteiger partial charge < -0.3 is 10.2 Å². The highest BCUT2D eigenvalue weighted by molar-refractivity contribution is 5.76. The van der Waals surface area contributed by atoms with Crippen LogP contribution in [0.25, 0.3) is 0 Å². The molecule has 0 saturated carbocycles. The second-order valence-electron chi connectivity index (χ2n) is 5.71. The quantitative estimate of drug-likeness (QED) is 0.896. The zero-order valence-corrected chi connectivity index (χ0v) is 12.2. The minimum Gasteiger partial charge on any atom is -0.344 e. The van der Waals surface area contributed by atoms with Gasteiger partial charge in [0.1, 0.15) is 5.82 Å². The molecule has 1 fully saturated rings. The van der Waals surface area contributed by atoms with Gasteiger partial charge in [0.25, 0.3) is 0 Å². The number of hydrogen-bond donors (Lipinski definition) is 1. The first kappa shape index (κ1) is 15.0. The SMILES string of the molecule is C[C@H](CCc1ccccc1F)N[C@@H]1CCC(=O)N(C)C1. The minimum atomic E-state index is -0.123. The van der Waals surface area contributed by atoms with Crippen molar-refractivity contribution in [2.24, 2.45) is 0 Å². The lowest BCUT2D eigenvalue weighted by atomic mass is 10.0. The molecule has 2 atom stereocenters. The van der Waals surface area contributed by atoms with Gasteiger partial charge in [-0.3, -0.25) is 4.79 Å². The van der Waals surface area contributed by atoms with Crippen molar-refractivity contribution in [2.45, 2.75) is 44.7 Å². The molecule has 0 unspecified atom stereocenters. The minimum absolute atomic E-state index is 0.123. The number of nitrogens with zero attached hydrogens (tertiary/aromatic N) is 1. The van der Waals surface area contributed by atoms with Crippen LogP contribution in [0.4, 0.5) is 4.39 Å². The Morgan fingerprint density at radius 3 is 2.90 bits per heavy atom. The van der Waals surface area contributed by atoms with Gasteiger partial charge in [-0.2, -0.15) is 0 Å². The zero-order valence-electron chi connectivity index (χ0n) is 12.2. The van der Waals surface area contributed by atoms with Crippen LogP contribution < -0.4 is 5.32 Å². The van der Waals surface area contributed by atoms with E-state index >= 15 is 0 Å². The molecule has 1 aliphatic heterocycles. The van der Waals surface area contributed by atoms with Crippen LogP contribution in [0.1, 0.15) is 31.7 Å². The first-order chi connectivity index (χ1) is 9.56. The molecule has 110 valence electrons. The fourth-order valence-corrected chi connectivity index (χ4v) is 2.71. The maximum atomic E-state index is 13.5. The molecule has 1 aromatic carbocycles. The second kappa shape index (κ2) is 6.84. The van der Waals surface area contributed by atoms with Crippen molar-refractivity contribution >= 4 is 5.91 Å². The zero-order chi connectivity index (χ0) is 14.5. The van der Waals surface area contributed by atoms with Crippen molar-refractivity contribution in [3.63, 3.8) is 0 Å². The largest absolute Gasteiger partial charge is 0.344 e. The molecule has 1 heterocycles. The Bertz CT molecular complexity index is 464. The number of carbonyl (C=O) groups excluding carboxylic acids is 1. The van der Waals surface area contributed by atoms with E-state index < -0.39 is 0 Å². The highest BCUT2D eigenvalue weighted by atomic mass is 19.1. The van der Waals surface area contributed by atoms with Gasteiger partial charge >= 0.3 is 0 Å². The monoisotopic (exact) mass is 278 g/mol. The molecule has 1 aliphatic rings. The molecule has 0 bridgehead atoms. The van der Waals surface area contributed by atoms with Crippen LogP contribution in [0.2, 0.25) is 0 Å².